The van der Waals surface area contributed by atoms with Crippen LogP contribution in [0.2, 0.25) is 0 Å². The van der Waals surface area contributed by atoms with E-state index < -0.39 is 0 Å². The summed E-state index contributed by atoms with van der Waals surface area (Å²) in [5.74, 6) is -0.116. The predicted octanol–water partition coefficient (Wildman–Crippen LogP) is 11.5. The summed E-state index contributed by atoms with van der Waals surface area (Å²) in [6.07, 6.45) is 37.4. The Morgan fingerprint density at radius 3 is 1.00 bits per heavy atom. The van der Waals surface area contributed by atoms with Crippen LogP contribution in [-0.4, -0.2) is 12.1 Å². The molecule has 0 saturated carbocycles. The Balaban J connectivity index is 3.20. The minimum Gasteiger partial charge on any atom is -0.463 e. The average molecular weight is 481 g/mol. The molecular weight excluding hydrogens is 416 g/mol. The van der Waals surface area contributed by atoms with Gasteiger partial charge in [-0.1, -0.05) is 168 Å². The Kier molecular flexibility index (Phi) is 28.3. The van der Waals surface area contributed by atoms with Crippen LogP contribution in [0, 0.1) is 0 Å². The molecule has 1 unspecified atom stereocenters. The molecule has 0 heterocycles. The normalized spacial score (nSPS) is 12.2. The topological polar surface area (TPSA) is 26.3 Å². The van der Waals surface area contributed by atoms with Crippen molar-refractivity contribution in [1.82, 2.24) is 0 Å². The van der Waals surface area contributed by atoms with Gasteiger partial charge in [-0.15, -0.1) is 0 Å². The molecule has 0 aromatic rings. The third kappa shape index (κ3) is 27.7. The first-order chi connectivity index (χ1) is 16.7. The van der Waals surface area contributed by atoms with Crippen LogP contribution in [0.4, 0.5) is 0 Å². The van der Waals surface area contributed by atoms with Gasteiger partial charge in [0.2, 0.25) is 0 Å². The van der Waals surface area contributed by atoms with E-state index in [1.807, 2.05) is 0 Å². The highest BCUT2D eigenvalue weighted by molar-refractivity contribution is 5.66. The van der Waals surface area contributed by atoms with Crippen molar-refractivity contribution < 1.29 is 9.53 Å². The first-order valence-corrected chi connectivity index (χ1v) is 15.9. The summed E-state index contributed by atoms with van der Waals surface area (Å²) in [5, 5.41) is 0. The molecule has 2 heteroatoms. The van der Waals surface area contributed by atoms with Crippen molar-refractivity contribution in [2.75, 3.05) is 0 Å². The summed E-state index contributed by atoms with van der Waals surface area (Å²) in [7, 11) is 0. The van der Waals surface area contributed by atoms with Gasteiger partial charge in [-0.25, -0.2) is 0 Å². The fourth-order valence-corrected chi connectivity index (χ4v) is 5.09. The zero-order valence-corrected chi connectivity index (χ0v) is 24.0. The van der Waals surface area contributed by atoms with Gasteiger partial charge in [0.25, 0.3) is 0 Å². The molecule has 0 bridgehead atoms. The summed E-state index contributed by atoms with van der Waals surface area (Å²) in [6, 6.07) is 0. The van der Waals surface area contributed by atoms with Crippen molar-refractivity contribution in [2.45, 2.75) is 200 Å². The van der Waals surface area contributed by atoms with Gasteiger partial charge in [-0.2, -0.15) is 0 Å². The molecule has 0 radical (unpaired) electrons. The van der Waals surface area contributed by atoms with E-state index >= 15 is 0 Å². The van der Waals surface area contributed by atoms with Crippen LogP contribution in [0.1, 0.15) is 194 Å². The van der Waals surface area contributed by atoms with Crippen LogP contribution < -0.4 is 0 Å². The van der Waals surface area contributed by atoms with Gasteiger partial charge in [0.05, 0.1) is 0 Å². The molecule has 0 aliphatic carbocycles. The molecule has 0 aliphatic heterocycles. The number of carbonyl (C=O) groups excluding carboxylic acids is 1. The Bertz CT molecular complexity index is 392. The van der Waals surface area contributed by atoms with Crippen LogP contribution in [0.5, 0.6) is 0 Å². The molecule has 0 fully saturated rings. The maximum atomic E-state index is 11.2. The maximum absolute atomic E-state index is 11.2. The van der Waals surface area contributed by atoms with Crippen LogP contribution in [-0.2, 0) is 9.53 Å². The zero-order valence-electron chi connectivity index (χ0n) is 24.0. The summed E-state index contributed by atoms with van der Waals surface area (Å²) in [6.45, 7) is 6.04. The van der Waals surface area contributed by atoms with Gasteiger partial charge in [0.15, 0.2) is 0 Å². The number of unbranched alkanes of at least 4 members (excludes halogenated alkanes) is 23. The van der Waals surface area contributed by atoms with Crippen molar-refractivity contribution in [1.29, 1.82) is 0 Å². The number of ether oxygens (including phenoxy) is 1. The monoisotopic (exact) mass is 480 g/mol. The van der Waals surface area contributed by atoms with Crippen molar-refractivity contribution in [3.63, 3.8) is 0 Å². The molecule has 2 nitrogen and oxygen atoms in total. The van der Waals surface area contributed by atoms with E-state index in [0.29, 0.717) is 0 Å². The van der Waals surface area contributed by atoms with Crippen LogP contribution >= 0.6 is 0 Å². The summed E-state index contributed by atoms with van der Waals surface area (Å²) < 4.78 is 5.46. The van der Waals surface area contributed by atoms with Gasteiger partial charge in [0.1, 0.15) is 6.10 Å². The van der Waals surface area contributed by atoms with Gasteiger partial charge < -0.3 is 4.74 Å². The van der Waals surface area contributed by atoms with Crippen molar-refractivity contribution in [3.8, 4) is 0 Å². The van der Waals surface area contributed by atoms with Crippen molar-refractivity contribution >= 4 is 5.97 Å². The molecule has 0 N–H and O–H groups in total. The van der Waals surface area contributed by atoms with Crippen molar-refractivity contribution in [2.24, 2.45) is 0 Å². The number of esters is 1. The van der Waals surface area contributed by atoms with Crippen LogP contribution in [0.15, 0.2) is 0 Å². The Hall–Kier alpha value is -0.530. The number of carbonyl (C=O) groups is 1. The molecular formula is C32H64O2. The van der Waals surface area contributed by atoms with E-state index in [1.165, 1.54) is 161 Å². The third-order valence-corrected chi connectivity index (χ3v) is 7.34. The van der Waals surface area contributed by atoms with E-state index in [4.69, 9.17) is 4.74 Å². The summed E-state index contributed by atoms with van der Waals surface area (Å²) >= 11 is 0. The van der Waals surface area contributed by atoms with Gasteiger partial charge in [-0.05, 0) is 19.3 Å². The molecule has 0 saturated heterocycles. The van der Waals surface area contributed by atoms with Gasteiger partial charge in [-0.3, -0.25) is 4.79 Å². The molecule has 0 aromatic heterocycles. The number of hydrogen-bond donors (Lipinski definition) is 0. The minimum atomic E-state index is -0.116. The van der Waals surface area contributed by atoms with Crippen LogP contribution in [0.25, 0.3) is 0 Å². The van der Waals surface area contributed by atoms with Gasteiger partial charge in [0, 0.05) is 6.92 Å². The average Bonchev–Trinajstić information content (AvgIpc) is 2.82. The molecule has 0 rings (SSSR count). The Morgan fingerprint density at radius 2 is 0.706 bits per heavy atom. The highest BCUT2D eigenvalue weighted by Gasteiger charge is 2.10. The smallest absolute Gasteiger partial charge is 0.302 e. The Morgan fingerprint density at radius 1 is 0.441 bits per heavy atom. The fourth-order valence-electron chi connectivity index (χ4n) is 5.09. The highest BCUT2D eigenvalue weighted by Crippen LogP contribution is 2.17. The zero-order chi connectivity index (χ0) is 25.0. The van der Waals surface area contributed by atoms with E-state index in [-0.39, 0.29) is 12.1 Å². The third-order valence-electron chi connectivity index (χ3n) is 7.34. The molecule has 1 atom stereocenters. The quantitative estimate of drug-likeness (QED) is 0.0821. The first kappa shape index (κ1) is 33.5. The van der Waals surface area contributed by atoms with E-state index in [0.717, 1.165) is 19.3 Å². The van der Waals surface area contributed by atoms with E-state index in [1.54, 1.807) is 0 Å². The minimum absolute atomic E-state index is 0.116. The lowest BCUT2D eigenvalue weighted by molar-refractivity contribution is -0.147. The molecule has 34 heavy (non-hydrogen) atoms. The second-order valence-corrected chi connectivity index (χ2v) is 10.9. The maximum Gasteiger partial charge on any atom is 0.302 e. The van der Waals surface area contributed by atoms with E-state index in [2.05, 4.69) is 13.8 Å². The predicted molar refractivity (Wildman–Crippen MR) is 152 cm³/mol. The Labute approximate surface area is 215 Å². The lowest BCUT2D eigenvalue weighted by Gasteiger charge is -2.16. The first-order valence-electron chi connectivity index (χ1n) is 15.9. The lowest BCUT2D eigenvalue weighted by atomic mass is 10.0. The van der Waals surface area contributed by atoms with Gasteiger partial charge >= 0.3 is 5.97 Å². The second-order valence-electron chi connectivity index (χ2n) is 10.9. The standard InChI is InChI=1S/C32H64O2/c1-4-6-8-9-10-11-12-13-14-15-16-17-18-19-20-21-22-23-24-25-26-27-28-30-32(29-7-5-2)34-31(3)33/h32H,4-30H2,1-3H3. The largest absolute Gasteiger partial charge is 0.463 e. The SMILES string of the molecule is CCCCCCCCCCCCCCCCCCCCCCCCCC(CCCC)OC(C)=O. The molecule has 0 aliphatic rings. The fraction of sp³-hybridized carbons (Fsp3) is 0.969. The van der Waals surface area contributed by atoms with Crippen LogP contribution in [0.3, 0.4) is 0 Å². The van der Waals surface area contributed by atoms with E-state index in [9.17, 15) is 4.79 Å². The molecule has 204 valence electrons. The molecule has 0 amide bonds. The summed E-state index contributed by atoms with van der Waals surface area (Å²) in [5.41, 5.74) is 0. The number of hydrogen-bond acceptors (Lipinski definition) is 2. The number of rotatable bonds is 28. The lowest BCUT2D eigenvalue weighted by Crippen LogP contribution is -2.16. The molecule has 0 aromatic carbocycles. The summed E-state index contributed by atoms with van der Waals surface area (Å²) in [4.78, 5) is 11.2. The highest BCUT2D eigenvalue weighted by atomic mass is 16.5. The van der Waals surface area contributed by atoms with Crippen molar-refractivity contribution in [3.05, 3.63) is 0 Å². The second kappa shape index (κ2) is 28.7. The molecule has 0 spiro atoms.